The predicted molar refractivity (Wildman–Crippen MR) is 200 cm³/mol. The van der Waals surface area contributed by atoms with E-state index in [0.717, 1.165) is 27.4 Å². The van der Waals surface area contributed by atoms with E-state index in [1.54, 1.807) is 9.80 Å². The van der Waals surface area contributed by atoms with Gasteiger partial charge in [-0.2, -0.15) is 0 Å². The molecule has 7 heteroatoms. The Morgan fingerprint density at radius 2 is 1.02 bits per heavy atom. The number of carbonyl (C=O) groups excluding carboxylic acids is 2. The molecular weight excluding hydrogens is 613 g/mol. The molecule has 6 aromatic rings. The van der Waals surface area contributed by atoms with Gasteiger partial charge in [-0.05, 0) is 90.7 Å². The van der Waals surface area contributed by atoms with E-state index in [-0.39, 0.29) is 22.5 Å². The van der Waals surface area contributed by atoms with Crippen LogP contribution in [-0.4, -0.2) is 49.0 Å². The Hall–Kier alpha value is -5.27. The van der Waals surface area contributed by atoms with Gasteiger partial charge in [-0.25, -0.2) is 0 Å². The molecule has 1 saturated heterocycles. The van der Waals surface area contributed by atoms with E-state index in [0.29, 0.717) is 25.9 Å². The van der Waals surface area contributed by atoms with Crippen LogP contribution in [-0.2, 0) is 23.7 Å². The molecule has 1 aliphatic heterocycles. The highest BCUT2D eigenvalue weighted by molar-refractivity contribution is 7.80. The Morgan fingerprint density at radius 1 is 0.604 bits per heavy atom. The number of likely N-dealkylation sites (N-methyl/N-ethyl adjacent to an activating group) is 2. The van der Waals surface area contributed by atoms with Crippen molar-refractivity contribution < 1.29 is 9.59 Å². The van der Waals surface area contributed by atoms with Crippen LogP contribution in [0.2, 0.25) is 0 Å². The van der Waals surface area contributed by atoms with Crippen molar-refractivity contribution in [3.8, 4) is 0 Å². The number of nitrogens with zero attached hydrogens (tertiary/aromatic N) is 4. The van der Waals surface area contributed by atoms with Crippen molar-refractivity contribution in [1.82, 2.24) is 18.9 Å². The number of hydrogen-bond acceptors (Lipinski definition) is 3. The Labute approximate surface area is 284 Å². The first-order chi connectivity index (χ1) is 23.3. The molecule has 6 nitrogen and oxygen atoms in total. The Bertz CT molecular complexity index is 2390. The van der Waals surface area contributed by atoms with Crippen LogP contribution in [0.25, 0.3) is 55.5 Å². The lowest BCUT2D eigenvalue weighted by atomic mass is 9.95. The maximum Gasteiger partial charge on any atom is 0.266 e. The lowest BCUT2D eigenvalue weighted by molar-refractivity contribution is -0.133. The second-order valence-corrected chi connectivity index (χ2v) is 13.0. The third-order valence-electron chi connectivity index (χ3n) is 10.2. The summed E-state index contributed by atoms with van der Waals surface area (Å²) in [6.07, 6.45) is 9.95. The molecule has 2 amide bonds. The summed E-state index contributed by atoms with van der Waals surface area (Å²) in [6.45, 7) is 4.58. The minimum Gasteiger partial charge on any atom is -0.344 e. The first kappa shape index (κ1) is 30.1. The third-order valence-corrected chi connectivity index (χ3v) is 10.7. The highest BCUT2D eigenvalue weighted by Gasteiger charge is 2.41. The molecule has 2 aromatic heterocycles. The summed E-state index contributed by atoms with van der Waals surface area (Å²) >= 11 is 5.62. The van der Waals surface area contributed by atoms with E-state index in [1.165, 1.54) is 43.4 Å². The molecule has 8 rings (SSSR count). The van der Waals surface area contributed by atoms with Gasteiger partial charge in [-0.1, -0.05) is 72.8 Å². The van der Waals surface area contributed by atoms with Crippen LogP contribution in [0.1, 0.15) is 26.7 Å². The number of allylic oxidation sites excluding steroid dienone is 5. The standard InChI is InChI=1S/C41H36N4O2S/c1-5-44-39(46)38(40(47)45(6-2)41(44)48)35-27(21-23-31-29-15-7-11-25-13-9-17-33(36(25)29)42(31)3)19-20-28(35)22-24-32-30-16-8-12-26-14-10-18-34(37(26)30)43(32)4/h7-18,21-24H,5-6,19-20H2,1-4H3/b27-21-,28-22+,31-23-,32-24?. The number of amides is 2. The monoisotopic (exact) mass is 648 g/mol. The van der Waals surface area contributed by atoms with Crippen molar-refractivity contribution in [1.29, 1.82) is 0 Å². The molecule has 48 heavy (non-hydrogen) atoms. The summed E-state index contributed by atoms with van der Waals surface area (Å²) in [5.74, 6) is -0.645. The zero-order valence-corrected chi connectivity index (χ0v) is 28.4. The molecule has 0 unspecified atom stereocenters. The molecule has 3 heterocycles. The second-order valence-electron chi connectivity index (χ2n) is 12.6. The van der Waals surface area contributed by atoms with Crippen LogP contribution in [0.15, 0.2) is 107 Å². The molecule has 0 spiro atoms. The molecule has 1 saturated carbocycles. The van der Waals surface area contributed by atoms with E-state index in [1.807, 2.05) is 13.8 Å². The zero-order valence-electron chi connectivity index (χ0n) is 27.6. The smallest absolute Gasteiger partial charge is 0.266 e. The summed E-state index contributed by atoms with van der Waals surface area (Å²) in [6, 6.07) is 25.6. The van der Waals surface area contributed by atoms with Gasteiger partial charge in [0.25, 0.3) is 11.8 Å². The SMILES string of the molecule is CCN1C(=O)C(=C2/C(=C\C=c3\c4cccc5cccc(c54)n3C)CC/C2=C\C=c2c3cccc4cccc(c43)n2C)C(=O)N(CC)C1=S. The van der Waals surface area contributed by atoms with Gasteiger partial charge in [-0.15, -0.1) is 0 Å². The maximum atomic E-state index is 14.1. The first-order valence-corrected chi connectivity index (χ1v) is 17.0. The maximum absolute atomic E-state index is 14.1. The number of carbonyl (C=O) groups is 2. The molecular formula is C41H36N4O2S. The molecule has 0 radical (unpaired) electrons. The molecule has 2 aliphatic rings. The minimum atomic E-state index is -0.323. The van der Waals surface area contributed by atoms with Gasteiger partial charge >= 0.3 is 0 Å². The summed E-state index contributed by atoms with van der Waals surface area (Å²) in [5.41, 5.74) is 5.23. The Kier molecular flexibility index (Phi) is 7.18. The van der Waals surface area contributed by atoms with Crippen LogP contribution in [0, 0.1) is 0 Å². The fourth-order valence-corrected chi connectivity index (χ4v) is 8.27. The van der Waals surface area contributed by atoms with Crippen molar-refractivity contribution in [2.24, 2.45) is 14.1 Å². The molecule has 2 fully saturated rings. The minimum absolute atomic E-state index is 0.203. The highest BCUT2D eigenvalue weighted by atomic mass is 32.1. The van der Waals surface area contributed by atoms with Crippen molar-refractivity contribution in [2.45, 2.75) is 26.7 Å². The second kappa shape index (κ2) is 11.5. The fourth-order valence-electron chi connectivity index (χ4n) is 7.84. The topological polar surface area (TPSA) is 50.5 Å². The number of hydrogen-bond donors (Lipinski definition) is 0. The van der Waals surface area contributed by atoms with E-state index in [4.69, 9.17) is 12.2 Å². The third kappa shape index (κ3) is 4.34. The van der Waals surface area contributed by atoms with Crippen molar-refractivity contribution in [3.63, 3.8) is 0 Å². The fraction of sp³-hybridized carbons (Fsp3) is 0.195. The van der Waals surface area contributed by atoms with Gasteiger partial charge < -0.3 is 9.13 Å². The number of aromatic nitrogens is 2. The zero-order chi connectivity index (χ0) is 33.3. The number of benzene rings is 4. The lowest BCUT2D eigenvalue weighted by Crippen LogP contribution is -2.56. The normalized spacial score (nSPS) is 18.7. The van der Waals surface area contributed by atoms with E-state index >= 15 is 0 Å². The Balaban J connectivity index is 1.37. The van der Waals surface area contributed by atoms with E-state index in [2.05, 4.69) is 120 Å². The van der Waals surface area contributed by atoms with Crippen LogP contribution in [0.5, 0.6) is 0 Å². The van der Waals surface area contributed by atoms with Crippen LogP contribution in [0.3, 0.4) is 0 Å². The van der Waals surface area contributed by atoms with E-state index < -0.39 is 0 Å². The van der Waals surface area contributed by atoms with Gasteiger partial charge in [-0.3, -0.25) is 19.4 Å². The van der Waals surface area contributed by atoms with Crippen LogP contribution < -0.4 is 10.7 Å². The molecule has 1 aliphatic carbocycles. The quantitative estimate of drug-likeness (QED) is 0.123. The summed E-state index contributed by atoms with van der Waals surface area (Å²) in [4.78, 5) is 31.4. The molecule has 0 bridgehead atoms. The van der Waals surface area contributed by atoms with Crippen molar-refractivity contribution in [2.75, 3.05) is 13.1 Å². The average molecular weight is 649 g/mol. The molecule has 4 aromatic carbocycles. The molecule has 0 atom stereocenters. The van der Waals surface area contributed by atoms with Gasteiger partial charge in [0, 0.05) is 70.5 Å². The largest absolute Gasteiger partial charge is 0.344 e. The summed E-state index contributed by atoms with van der Waals surface area (Å²) in [7, 11) is 4.18. The number of thiocarbonyl (C=S) groups is 1. The molecule has 0 N–H and O–H groups in total. The lowest BCUT2D eigenvalue weighted by Gasteiger charge is -2.36. The van der Waals surface area contributed by atoms with Gasteiger partial charge in [0.05, 0.1) is 0 Å². The average Bonchev–Trinajstić information content (AvgIpc) is 3.71. The number of aryl methyl sites for hydroxylation is 2. The molecule has 238 valence electrons. The highest BCUT2D eigenvalue weighted by Crippen LogP contribution is 2.40. The van der Waals surface area contributed by atoms with Gasteiger partial charge in [0.15, 0.2) is 5.11 Å². The van der Waals surface area contributed by atoms with Gasteiger partial charge in [0.1, 0.15) is 5.57 Å². The summed E-state index contributed by atoms with van der Waals surface area (Å²) in [5, 5.41) is 9.70. The van der Waals surface area contributed by atoms with Crippen LogP contribution in [0.4, 0.5) is 0 Å². The Morgan fingerprint density at radius 3 is 1.44 bits per heavy atom. The van der Waals surface area contributed by atoms with Crippen molar-refractivity contribution in [3.05, 3.63) is 118 Å². The predicted octanol–water partition coefficient (Wildman–Crippen LogP) is 6.61. The first-order valence-electron chi connectivity index (χ1n) is 16.6. The van der Waals surface area contributed by atoms with Crippen molar-refractivity contribution >= 4 is 84.6 Å². The van der Waals surface area contributed by atoms with Gasteiger partial charge in [0.2, 0.25) is 0 Å². The number of rotatable bonds is 4. The summed E-state index contributed by atoms with van der Waals surface area (Å²) < 4.78 is 4.44. The van der Waals surface area contributed by atoms with E-state index in [9.17, 15) is 9.59 Å². The van der Waals surface area contributed by atoms with Crippen LogP contribution >= 0.6 is 12.2 Å².